The molecule has 94 valence electrons. The maximum absolute atomic E-state index is 3.95. The third kappa shape index (κ3) is 3.40. The Morgan fingerprint density at radius 1 is 1.53 bits per heavy atom. The third-order valence-electron chi connectivity index (χ3n) is 3.71. The van der Waals surface area contributed by atoms with E-state index in [9.17, 15) is 0 Å². The summed E-state index contributed by atoms with van der Waals surface area (Å²) in [6, 6.07) is 0. The molecular weight excluding hydrogens is 212 g/mol. The lowest BCUT2D eigenvalue weighted by Crippen LogP contribution is -2.31. The highest BCUT2D eigenvalue weighted by Gasteiger charge is 2.21. The highest BCUT2D eigenvalue weighted by atomic mass is 15.4. The molecule has 1 aliphatic rings. The summed E-state index contributed by atoms with van der Waals surface area (Å²) in [5, 5.41) is 11.3. The van der Waals surface area contributed by atoms with Gasteiger partial charge in [-0.1, -0.05) is 23.8 Å². The Morgan fingerprint density at radius 3 is 3.12 bits per heavy atom. The fourth-order valence-corrected chi connectivity index (χ4v) is 2.54. The summed E-state index contributed by atoms with van der Waals surface area (Å²) >= 11 is 0. The first kappa shape index (κ1) is 12.3. The quantitative estimate of drug-likeness (QED) is 0.624. The van der Waals surface area contributed by atoms with Crippen LogP contribution >= 0.6 is 0 Å². The van der Waals surface area contributed by atoms with Gasteiger partial charge in [0.1, 0.15) is 0 Å². The monoisotopic (exact) mass is 234 g/mol. The molecular formula is C13H22N4. The van der Waals surface area contributed by atoms with E-state index in [1.165, 1.54) is 12.8 Å². The minimum absolute atomic E-state index is 0.708. The van der Waals surface area contributed by atoms with E-state index in [1.54, 1.807) is 11.8 Å². The first-order valence-corrected chi connectivity index (χ1v) is 6.49. The topological polar surface area (TPSA) is 42.7 Å². The number of aromatic nitrogens is 3. The van der Waals surface area contributed by atoms with E-state index in [0.717, 1.165) is 25.6 Å². The minimum Gasteiger partial charge on any atom is -0.314 e. The summed E-state index contributed by atoms with van der Waals surface area (Å²) in [4.78, 5) is 0. The maximum Gasteiger partial charge on any atom is 0.0692 e. The first-order chi connectivity index (χ1) is 8.27. The Bertz CT molecular complexity index is 356. The van der Waals surface area contributed by atoms with E-state index in [2.05, 4.69) is 35.6 Å². The zero-order chi connectivity index (χ0) is 12.1. The summed E-state index contributed by atoms with van der Waals surface area (Å²) in [5.41, 5.74) is 1.55. The molecule has 0 aromatic carbocycles. The number of hydrogen-bond donors (Lipinski definition) is 1. The van der Waals surface area contributed by atoms with Crippen LogP contribution in [-0.4, -0.2) is 28.1 Å². The van der Waals surface area contributed by atoms with Gasteiger partial charge in [-0.25, -0.2) is 0 Å². The maximum atomic E-state index is 3.95. The number of hydrogen-bond acceptors (Lipinski definition) is 3. The number of rotatable bonds is 5. The van der Waals surface area contributed by atoms with Crippen molar-refractivity contribution in [1.29, 1.82) is 0 Å². The normalized spacial score (nSPS) is 24.7. The van der Waals surface area contributed by atoms with Gasteiger partial charge in [-0.15, -0.1) is 5.10 Å². The number of nitrogens with zero attached hydrogens (tertiary/aromatic N) is 3. The average Bonchev–Trinajstić information content (AvgIpc) is 2.80. The Morgan fingerprint density at radius 2 is 2.41 bits per heavy atom. The predicted octanol–water partition coefficient (Wildman–Crippen LogP) is 1.86. The summed E-state index contributed by atoms with van der Waals surface area (Å²) in [5.74, 6) is 1.51. The largest absolute Gasteiger partial charge is 0.314 e. The van der Waals surface area contributed by atoms with Gasteiger partial charge in [0.15, 0.2) is 0 Å². The van der Waals surface area contributed by atoms with Crippen molar-refractivity contribution in [3.8, 4) is 0 Å². The van der Waals surface area contributed by atoms with E-state index in [4.69, 9.17) is 0 Å². The molecule has 1 aromatic rings. The van der Waals surface area contributed by atoms with Crippen LogP contribution in [0.1, 0.15) is 26.7 Å². The third-order valence-corrected chi connectivity index (χ3v) is 3.71. The highest BCUT2D eigenvalue weighted by Crippen LogP contribution is 2.29. The predicted molar refractivity (Wildman–Crippen MR) is 68.5 cm³/mol. The molecule has 0 amide bonds. The lowest BCUT2D eigenvalue weighted by molar-refractivity contribution is 0.347. The Labute approximate surface area is 103 Å². The molecule has 4 nitrogen and oxygen atoms in total. The molecule has 1 aromatic heterocycles. The Hall–Kier alpha value is -1.16. The second-order valence-electron chi connectivity index (χ2n) is 4.98. The SMILES string of the molecule is CC1=CCC[C@@H](C)[C@@H]1CNCCn1ccnn1. The molecule has 4 heteroatoms. The second kappa shape index (κ2) is 5.96. The zero-order valence-electron chi connectivity index (χ0n) is 10.8. The van der Waals surface area contributed by atoms with Crippen molar-refractivity contribution < 1.29 is 0 Å². The fraction of sp³-hybridized carbons (Fsp3) is 0.692. The van der Waals surface area contributed by atoms with E-state index in [0.29, 0.717) is 5.92 Å². The Kier molecular flexibility index (Phi) is 4.31. The molecule has 0 radical (unpaired) electrons. The Balaban J connectivity index is 1.71. The van der Waals surface area contributed by atoms with Crippen LogP contribution in [-0.2, 0) is 6.54 Å². The summed E-state index contributed by atoms with van der Waals surface area (Å²) < 4.78 is 1.86. The van der Waals surface area contributed by atoms with Crippen molar-refractivity contribution in [2.24, 2.45) is 11.8 Å². The van der Waals surface area contributed by atoms with Crippen LogP contribution in [0.3, 0.4) is 0 Å². The van der Waals surface area contributed by atoms with Crippen LogP contribution in [0.4, 0.5) is 0 Å². The van der Waals surface area contributed by atoms with Crippen molar-refractivity contribution >= 4 is 0 Å². The lowest BCUT2D eigenvalue weighted by Gasteiger charge is -2.29. The van der Waals surface area contributed by atoms with E-state index < -0.39 is 0 Å². The van der Waals surface area contributed by atoms with Gasteiger partial charge < -0.3 is 5.32 Å². The van der Waals surface area contributed by atoms with Crippen LogP contribution in [0.5, 0.6) is 0 Å². The summed E-state index contributed by atoms with van der Waals surface area (Å²) in [6.07, 6.45) is 8.59. The molecule has 0 spiro atoms. The van der Waals surface area contributed by atoms with Gasteiger partial charge in [0.2, 0.25) is 0 Å². The van der Waals surface area contributed by atoms with Crippen LogP contribution in [0.2, 0.25) is 0 Å². The van der Waals surface area contributed by atoms with Gasteiger partial charge in [0.25, 0.3) is 0 Å². The van der Waals surface area contributed by atoms with E-state index >= 15 is 0 Å². The van der Waals surface area contributed by atoms with Crippen molar-refractivity contribution in [3.05, 3.63) is 24.0 Å². The molecule has 0 bridgehead atoms. The molecule has 2 rings (SSSR count). The molecule has 0 saturated heterocycles. The minimum atomic E-state index is 0.708. The van der Waals surface area contributed by atoms with Gasteiger partial charge in [-0.05, 0) is 31.6 Å². The smallest absolute Gasteiger partial charge is 0.0692 e. The highest BCUT2D eigenvalue weighted by molar-refractivity contribution is 5.09. The van der Waals surface area contributed by atoms with Crippen molar-refractivity contribution in [1.82, 2.24) is 20.3 Å². The molecule has 0 fully saturated rings. The molecule has 0 unspecified atom stereocenters. The van der Waals surface area contributed by atoms with E-state index in [1.807, 2.05) is 10.9 Å². The van der Waals surface area contributed by atoms with Crippen LogP contribution < -0.4 is 5.32 Å². The number of allylic oxidation sites excluding steroid dienone is 1. The van der Waals surface area contributed by atoms with Crippen molar-refractivity contribution in [3.63, 3.8) is 0 Å². The summed E-state index contributed by atoms with van der Waals surface area (Å²) in [6.45, 7) is 7.56. The first-order valence-electron chi connectivity index (χ1n) is 6.49. The fourth-order valence-electron chi connectivity index (χ4n) is 2.54. The van der Waals surface area contributed by atoms with Crippen LogP contribution in [0.25, 0.3) is 0 Å². The van der Waals surface area contributed by atoms with Crippen LogP contribution in [0.15, 0.2) is 24.0 Å². The number of nitrogens with one attached hydrogen (secondary N) is 1. The van der Waals surface area contributed by atoms with Gasteiger partial charge >= 0.3 is 0 Å². The average molecular weight is 234 g/mol. The second-order valence-corrected chi connectivity index (χ2v) is 4.98. The van der Waals surface area contributed by atoms with Crippen LogP contribution in [0, 0.1) is 11.8 Å². The molecule has 1 N–H and O–H groups in total. The van der Waals surface area contributed by atoms with Gasteiger partial charge in [0, 0.05) is 19.3 Å². The molecule has 0 saturated carbocycles. The van der Waals surface area contributed by atoms with Gasteiger partial charge in [0.05, 0.1) is 12.7 Å². The molecule has 0 aliphatic heterocycles. The molecule has 2 atom stereocenters. The van der Waals surface area contributed by atoms with Gasteiger partial charge in [-0.3, -0.25) is 4.68 Å². The molecule has 17 heavy (non-hydrogen) atoms. The molecule has 1 aliphatic carbocycles. The zero-order valence-corrected chi connectivity index (χ0v) is 10.8. The standard InChI is InChI=1S/C13H22N4/c1-11-4-3-5-12(2)13(11)10-14-6-8-17-9-7-15-16-17/h4,7,9,12-14H,3,5-6,8,10H2,1-2H3/t12-,13-/m1/s1. The molecule has 1 heterocycles. The van der Waals surface area contributed by atoms with Gasteiger partial charge in [-0.2, -0.15) is 0 Å². The summed E-state index contributed by atoms with van der Waals surface area (Å²) in [7, 11) is 0. The van der Waals surface area contributed by atoms with Crippen molar-refractivity contribution in [2.45, 2.75) is 33.2 Å². The van der Waals surface area contributed by atoms with Crippen molar-refractivity contribution in [2.75, 3.05) is 13.1 Å². The van der Waals surface area contributed by atoms with E-state index in [-0.39, 0.29) is 0 Å². The lowest BCUT2D eigenvalue weighted by atomic mass is 9.80.